The third kappa shape index (κ3) is 2.94. The molecule has 136 valence electrons. The van der Waals surface area contributed by atoms with Crippen molar-refractivity contribution in [3.8, 4) is 11.5 Å². The molecular formula is C19H21N3O3S. The number of rotatable bonds is 4. The Morgan fingerprint density at radius 2 is 1.88 bits per heavy atom. The van der Waals surface area contributed by atoms with Crippen LogP contribution in [-0.4, -0.2) is 25.1 Å². The van der Waals surface area contributed by atoms with Gasteiger partial charge < -0.3 is 20.5 Å². The second kappa shape index (κ2) is 6.84. The van der Waals surface area contributed by atoms with Crippen LogP contribution in [0.4, 0.5) is 11.4 Å². The zero-order valence-corrected chi connectivity index (χ0v) is 16.2. The van der Waals surface area contributed by atoms with Crippen LogP contribution in [0.1, 0.15) is 26.5 Å². The predicted molar refractivity (Wildman–Crippen MR) is 106 cm³/mol. The fraction of sp³-hybridized carbons (Fsp3) is 0.263. The minimum Gasteiger partial charge on any atom is -0.497 e. The quantitative estimate of drug-likeness (QED) is 0.722. The van der Waals surface area contributed by atoms with Crippen LogP contribution in [0, 0.1) is 20.8 Å². The number of nitrogens with one attached hydrogen (secondary N) is 1. The number of anilines is 2. The van der Waals surface area contributed by atoms with Crippen molar-refractivity contribution in [2.75, 3.05) is 25.3 Å². The number of nitrogen functional groups attached to an aromatic ring is 1. The number of methoxy groups -OCH3 is 2. The number of fused-ring (bicyclic) bond motifs is 1. The number of carbonyl (C=O) groups excluding carboxylic acids is 1. The van der Waals surface area contributed by atoms with Crippen molar-refractivity contribution in [2.24, 2.45) is 0 Å². The number of hydrogen-bond acceptors (Lipinski definition) is 6. The van der Waals surface area contributed by atoms with E-state index in [9.17, 15) is 4.79 Å². The number of nitrogens with zero attached hydrogens (tertiary/aromatic N) is 1. The highest BCUT2D eigenvalue weighted by molar-refractivity contribution is 7.21. The molecule has 26 heavy (non-hydrogen) atoms. The Hall–Kier alpha value is -2.80. The average Bonchev–Trinajstić information content (AvgIpc) is 2.96. The molecule has 1 aromatic carbocycles. The van der Waals surface area contributed by atoms with E-state index in [-0.39, 0.29) is 5.91 Å². The number of pyridine rings is 1. The summed E-state index contributed by atoms with van der Waals surface area (Å²) in [6.45, 7) is 5.97. The zero-order valence-electron chi connectivity index (χ0n) is 15.4. The number of benzene rings is 1. The van der Waals surface area contributed by atoms with Crippen molar-refractivity contribution in [3.63, 3.8) is 0 Å². The van der Waals surface area contributed by atoms with Gasteiger partial charge in [-0.1, -0.05) is 0 Å². The molecule has 0 aliphatic heterocycles. The molecule has 0 radical (unpaired) electrons. The van der Waals surface area contributed by atoms with E-state index in [2.05, 4.69) is 10.3 Å². The van der Waals surface area contributed by atoms with Crippen LogP contribution in [0.15, 0.2) is 18.2 Å². The summed E-state index contributed by atoms with van der Waals surface area (Å²) in [7, 11) is 3.11. The number of nitrogens with two attached hydrogens (primary N) is 1. The number of carbonyl (C=O) groups is 1. The Labute approximate surface area is 155 Å². The van der Waals surface area contributed by atoms with Gasteiger partial charge in [0.1, 0.15) is 21.2 Å². The highest BCUT2D eigenvalue weighted by atomic mass is 32.1. The Kier molecular flexibility index (Phi) is 4.73. The summed E-state index contributed by atoms with van der Waals surface area (Å²) in [5.41, 5.74) is 10.4. The van der Waals surface area contributed by atoms with Gasteiger partial charge >= 0.3 is 0 Å². The molecule has 6 nitrogen and oxygen atoms in total. The van der Waals surface area contributed by atoms with Gasteiger partial charge in [0.05, 0.1) is 25.6 Å². The first-order valence-electron chi connectivity index (χ1n) is 8.06. The molecule has 7 heteroatoms. The minimum atomic E-state index is -0.299. The van der Waals surface area contributed by atoms with Crippen LogP contribution in [-0.2, 0) is 0 Å². The molecule has 0 bridgehead atoms. The normalized spacial score (nSPS) is 10.8. The fourth-order valence-electron chi connectivity index (χ4n) is 2.83. The van der Waals surface area contributed by atoms with Crippen molar-refractivity contribution in [3.05, 3.63) is 39.9 Å². The molecule has 0 aliphatic rings. The van der Waals surface area contributed by atoms with Crippen molar-refractivity contribution in [1.82, 2.24) is 4.98 Å². The molecule has 1 amide bonds. The average molecular weight is 371 g/mol. The number of aromatic nitrogens is 1. The largest absolute Gasteiger partial charge is 0.497 e. The highest BCUT2D eigenvalue weighted by Crippen LogP contribution is 2.37. The molecule has 2 aromatic heterocycles. The van der Waals surface area contributed by atoms with E-state index in [4.69, 9.17) is 15.2 Å². The van der Waals surface area contributed by atoms with Crippen LogP contribution in [0.2, 0.25) is 0 Å². The van der Waals surface area contributed by atoms with Gasteiger partial charge in [-0.3, -0.25) is 4.79 Å². The first kappa shape index (κ1) is 18.0. The Morgan fingerprint density at radius 3 is 2.54 bits per heavy atom. The monoisotopic (exact) mass is 371 g/mol. The van der Waals surface area contributed by atoms with Crippen LogP contribution < -0.4 is 20.5 Å². The zero-order chi connectivity index (χ0) is 19.0. The van der Waals surface area contributed by atoms with Gasteiger partial charge in [0.25, 0.3) is 5.91 Å². The summed E-state index contributed by atoms with van der Waals surface area (Å²) >= 11 is 1.29. The lowest BCUT2D eigenvalue weighted by Gasteiger charge is -2.11. The maximum absolute atomic E-state index is 12.8. The predicted octanol–water partition coefficient (Wildman–Crippen LogP) is 4.07. The van der Waals surface area contributed by atoms with Gasteiger partial charge in [-0.15, -0.1) is 11.3 Å². The number of thiophene rings is 1. The lowest BCUT2D eigenvalue weighted by atomic mass is 10.1. The van der Waals surface area contributed by atoms with E-state index < -0.39 is 0 Å². The molecule has 3 N–H and O–H groups in total. The number of hydrogen-bond donors (Lipinski definition) is 2. The Morgan fingerprint density at radius 1 is 1.15 bits per heavy atom. The first-order chi connectivity index (χ1) is 12.4. The third-order valence-corrected chi connectivity index (χ3v) is 5.64. The lowest BCUT2D eigenvalue weighted by molar-refractivity contribution is 0.103. The van der Waals surface area contributed by atoms with Gasteiger partial charge in [0.15, 0.2) is 0 Å². The Balaban J connectivity index is 2.04. The molecule has 0 atom stereocenters. The van der Waals surface area contributed by atoms with Crippen molar-refractivity contribution in [2.45, 2.75) is 20.8 Å². The molecule has 0 spiro atoms. The summed E-state index contributed by atoms with van der Waals surface area (Å²) in [6.07, 6.45) is 0. The van der Waals surface area contributed by atoms with Gasteiger partial charge in [-0.05, 0) is 44.0 Å². The van der Waals surface area contributed by atoms with E-state index in [1.54, 1.807) is 32.4 Å². The standard InChI is InChI=1S/C19H21N3O3S/c1-9-10(2)15-16(20)17(26-19(15)21-11(9)3)18(23)22-13-8-12(24-4)6-7-14(13)25-5/h6-8H,20H2,1-5H3,(H,22,23). The molecule has 0 fully saturated rings. The summed E-state index contributed by atoms with van der Waals surface area (Å²) in [6, 6.07) is 5.21. The molecule has 3 aromatic rings. The van der Waals surface area contributed by atoms with Crippen molar-refractivity contribution < 1.29 is 14.3 Å². The van der Waals surface area contributed by atoms with E-state index in [0.717, 1.165) is 27.0 Å². The van der Waals surface area contributed by atoms with E-state index >= 15 is 0 Å². The van der Waals surface area contributed by atoms with E-state index in [0.29, 0.717) is 27.8 Å². The van der Waals surface area contributed by atoms with Crippen molar-refractivity contribution in [1.29, 1.82) is 0 Å². The SMILES string of the molecule is COc1ccc(OC)c(NC(=O)c2sc3nc(C)c(C)c(C)c3c2N)c1. The van der Waals surface area contributed by atoms with E-state index in [1.807, 2.05) is 20.8 Å². The maximum Gasteiger partial charge on any atom is 0.268 e. The first-order valence-corrected chi connectivity index (χ1v) is 8.88. The molecule has 2 heterocycles. The summed E-state index contributed by atoms with van der Waals surface area (Å²) < 4.78 is 10.5. The fourth-order valence-corrected chi connectivity index (χ4v) is 3.92. The van der Waals surface area contributed by atoms with Gasteiger partial charge in [-0.2, -0.15) is 0 Å². The summed E-state index contributed by atoms with van der Waals surface area (Å²) in [4.78, 5) is 18.6. The van der Waals surface area contributed by atoms with Gasteiger partial charge in [-0.25, -0.2) is 4.98 Å². The second-order valence-corrected chi connectivity index (χ2v) is 6.99. The number of aryl methyl sites for hydroxylation is 2. The highest BCUT2D eigenvalue weighted by Gasteiger charge is 2.21. The molecule has 0 saturated carbocycles. The van der Waals surface area contributed by atoms with E-state index in [1.165, 1.54) is 11.3 Å². The molecule has 0 saturated heterocycles. The maximum atomic E-state index is 12.8. The molecule has 0 unspecified atom stereocenters. The van der Waals surface area contributed by atoms with Gasteiger partial charge in [0, 0.05) is 17.1 Å². The molecular weight excluding hydrogens is 350 g/mol. The molecule has 3 rings (SSSR count). The third-order valence-electron chi connectivity index (χ3n) is 4.54. The van der Waals surface area contributed by atoms with Crippen molar-refractivity contribution >= 4 is 38.8 Å². The van der Waals surface area contributed by atoms with Gasteiger partial charge in [0.2, 0.25) is 0 Å². The van der Waals surface area contributed by atoms with Crippen LogP contribution in [0.5, 0.6) is 11.5 Å². The summed E-state index contributed by atoms with van der Waals surface area (Å²) in [5.74, 6) is 0.862. The second-order valence-electron chi connectivity index (χ2n) is 5.99. The number of ether oxygens (including phenoxy) is 2. The van der Waals surface area contributed by atoms with Crippen LogP contribution in [0.3, 0.4) is 0 Å². The van der Waals surface area contributed by atoms with Crippen LogP contribution >= 0.6 is 11.3 Å². The van der Waals surface area contributed by atoms with Crippen LogP contribution in [0.25, 0.3) is 10.2 Å². The summed E-state index contributed by atoms with van der Waals surface area (Å²) in [5, 5.41) is 3.71. The topological polar surface area (TPSA) is 86.5 Å². The smallest absolute Gasteiger partial charge is 0.268 e. The lowest BCUT2D eigenvalue weighted by Crippen LogP contribution is -2.13. The molecule has 0 aliphatic carbocycles. The Bertz CT molecular complexity index is 1010. The number of amides is 1. The minimum absolute atomic E-state index is 0.299.